The van der Waals surface area contributed by atoms with Gasteiger partial charge < -0.3 is 9.97 Å². The smallest absolute Gasteiger partial charge is 0.354 e. The van der Waals surface area contributed by atoms with Crippen LogP contribution in [-0.2, 0) is 33.8 Å². The molecule has 3 aromatic heterocycles. The Morgan fingerprint density at radius 2 is 0.371 bits per heavy atom. The number of aromatic nitrogens is 4. The summed E-state index contributed by atoms with van der Waals surface area (Å²) in [4.78, 5) is 12.3. The van der Waals surface area contributed by atoms with E-state index in [1.165, 1.54) is 0 Å². The summed E-state index contributed by atoms with van der Waals surface area (Å²) in [6, 6.07) is 2.51. The Balaban J connectivity index is 0.00000361. The average molecular weight is 1090 g/mol. The van der Waals surface area contributed by atoms with E-state index in [1.54, 1.807) is 0 Å². The van der Waals surface area contributed by atoms with Crippen LogP contribution in [0.1, 0.15) is 22.8 Å². The summed E-state index contributed by atoms with van der Waals surface area (Å²) in [6.07, 6.45) is 2.40. The maximum absolute atomic E-state index is 15.8. The van der Waals surface area contributed by atoms with Crippen molar-refractivity contribution < 1.29 is 122 Å². The maximum Gasteiger partial charge on any atom is 2.00 e. The van der Waals surface area contributed by atoms with Crippen LogP contribution in [0.4, 0.5) is 87.8 Å². The van der Waals surface area contributed by atoms with E-state index in [4.69, 9.17) is 0 Å². The first-order valence-electron chi connectivity index (χ1n) is 18.3. The molecule has 0 unspecified atom stereocenters. The number of hydrogen-bond donors (Lipinski definition) is 2. The van der Waals surface area contributed by atoms with Crippen molar-refractivity contribution in [2.24, 2.45) is 0 Å². The van der Waals surface area contributed by atoms with E-state index < -0.39 is 206 Å². The number of nitrogens with zero attached hydrogens (tertiary/aromatic N) is 2. The third-order valence-electron chi connectivity index (χ3n) is 10.6. The minimum atomic E-state index is -2.72. The first kappa shape index (κ1) is 51.0. The minimum Gasteiger partial charge on any atom is -0.354 e. The topological polar surface area (TPSA) is 57.4 Å². The van der Waals surface area contributed by atoms with Gasteiger partial charge in [-0.2, -0.15) is 0 Å². The number of fused-ring (bicyclic) bond motifs is 8. The third-order valence-corrected chi connectivity index (χ3v) is 10.6. The fraction of sp³-hybridized carbons (Fsp3) is 0. The minimum absolute atomic E-state index is 0. The molecule has 8 bridgehead atoms. The number of nitrogens with one attached hydrogen (secondary N) is 2. The summed E-state index contributed by atoms with van der Waals surface area (Å²) in [5.74, 6) is -52.6. The molecule has 0 saturated carbocycles. The summed E-state index contributed by atoms with van der Waals surface area (Å²) < 4.78 is 303. The van der Waals surface area contributed by atoms with Gasteiger partial charge >= 0.3 is 33.8 Å². The van der Waals surface area contributed by atoms with Gasteiger partial charge in [-0.25, -0.2) is 97.8 Å². The first-order chi connectivity index (χ1) is 32.1. The molecule has 0 amide bonds. The molecule has 0 atom stereocenters. The molecule has 7 aromatic rings. The molecule has 5 heterocycles. The van der Waals surface area contributed by atoms with Gasteiger partial charge in [-0.15, -0.1) is 0 Å². The molecule has 2 aliphatic rings. The summed E-state index contributed by atoms with van der Waals surface area (Å²) >= 11 is 0. The summed E-state index contributed by atoms with van der Waals surface area (Å²) in [7, 11) is 0. The molecule has 4 nitrogen and oxygen atoms in total. The van der Waals surface area contributed by atoms with E-state index in [0.29, 0.717) is 48.6 Å². The van der Waals surface area contributed by atoms with Gasteiger partial charge in [0.15, 0.2) is 93.1 Å². The average Bonchev–Trinajstić information content (AvgIpc) is 4.18. The largest absolute Gasteiger partial charge is 2.00 e. The van der Waals surface area contributed by atoms with Gasteiger partial charge in [-0.1, -0.05) is 0 Å². The monoisotopic (exact) mass is 1090 g/mol. The first-order valence-corrected chi connectivity index (χ1v) is 18.3. The molecule has 2 N–H and O–H groups in total. The van der Waals surface area contributed by atoms with Crippen LogP contribution < -0.4 is 0 Å². The molecule has 2 aliphatic heterocycles. The Bertz CT molecular complexity index is 3130. The summed E-state index contributed by atoms with van der Waals surface area (Å²) in [6.45, 7) is 0. The SMILES string of the molecule is Fc1c(F)c(F)c(-c2c3nc(c(-c4c(F)c(F)c(F)c(F)c4F)c4ccc([nH]4)c(-c4c(F)c(F)c(F)c(F)c4F)c4nc(c(-c5c(F)c(F)c(F)c(F)c5F)c5ccc2[nH]5)C=C4)C=C3)c(F)c1F.[Co+2].[Fe+2]. The van der Waals surface area contributed by atoms with E-state index in [1.807, 2.05) is 0 Å². The maximum atomic E-state index is 15.8. The Hall–Kier alpha value is -6.89. The summed E-state index contributed by atoms with van der Waals surface area (Å²) in [5, 5.41) is 0. The second-order valence-corrected chi connectivity index (χ2v) is 14.3. The van der Waals surface area contributed by atoms with Crippen molar-refractivity contribution in [3.8, 4) is 44.5 Å². The molecular weight excluding hydrogens is 1080 g/mol. The fourth-order valence-corrected chi connectivity index (χ4v) is 7.56. The van der Waals surface area contributed by atoms with Crippen LogP contribution in [0.15, 0.2) is 24.3 Å². The fourth-order valence-electron chi connectivity index (χ4n) is 7.56. The second-order valence-electron chi connectivity index (χ2n) is 14.3. The molecular formula is C44H10CoF20FeN4+4. The molecule has 0 saturated heterocycles. The normalized spacial score (nSPS) is 11.9. The molecule has 9 rings (SSSR count). The third kappa shape index (κ3) is 7.37. The molecule has 0 fully saturated rings. The van der Waals surface area contributed by atoms with E-state index >= 15 is 35.1 Å². The number of rotatable bonds is 4. The van der Waals surface area contributed by atoms with Gasteiger partial charge in [-0.3, -0.25) is 0 Å². The quantitative estimate of drug-likeness (QED) is 0.0799. The van der Waals surface area contributed by atoms with E-state index in [0.717, 1.165) is 0 Å². The van der Waals surface area contributed by atoms with Gasteiger partial charge in [0.25, 0.3) is 0 Å². The van der Waals surface area contributed by atoms with Crippen LogP contribution in [0.3, 0.4) is 0 Å². The van der Waals surface area contributed by atoms with E-state index in [2.05, 4.69) is 19.9 Å². The molecule has 70 heavy (non-hydrogen) atoms. The van der Waals surface area contributed by atoms with Gasteiger partial charge in [-0.05, 0) is 48.6 Å². The van der Waals surface area contributed by atoms with Crippen LogP contribution in [0.25, 0.3) is 90.9 Å². The zero-order valence-corrected chi connectivity index (χ0v) is 34.9. The van der Waals surface area contributed by atoms with Crippen molar-refractivity contribution in [3.05, 3.63) is 163 Å². The Labute approximate surface area is 394 Å². The Morgan fingerprint density at radius 3 is 0.529 bits per heavy atom. The van der Waals surface area contributed by atoms with Crippen molar-refractivity contribution in [1.82, 2.24) is 19.9 Å². The molecule has 26 heteroatoms. The molecule has 4 aromatic carbocycles. The predicted molar refractivity (Wildman–Crippen MR) is 200 cm³/mol. The van der Waals surface area contributed by atoms with Gasteiger partial charge in [0, 0.05) is 44.3 Å². The molecule has 359 valence electrons. The van der Waals surface area contributed by atoms with Crippen molar-refractivity contribution in [2.75, 3.05) is 0 Å². The number of hydrogen-bond acceptors (Lipinski definition) is 2. The van der Waals surface area contributed by atoms with Crippen LogP contribution >= 0.6 is 0 Å². The Morgan fingerprint density at radius 1 is 0.229 bits per heavy atom. The van der Waals surface area contributed by atoms with Gasteiger partial charge in [0.05, 0.1) is 45.0 Å². The zero-order chi connectivity index (χ0) is 49.3. The number of H-pyrrole nitrogens is 2. The van der Waals surface area contributed by atoms with Crippen molar-refractivity contribution in [1.29, 1.82) is 0 Å². The van der Waals surface area contributed by atoms with Crippen molar-refractivity contribution in [2.45, 2.75) is 0 Å². The summed E-state index contributed by atoms with van der Waals surface area (Å²) in [5.41, 5.74) is -20.5. The number of aromatic amines is 2. The predicted octanol–water partition coefficient (Wildman–Crippen LogP) is 14.1. The zero-order valence-electron chi connectivity index (χ0n) is 32.8. The van der Waals surface area contributed by atoms with Crippen LogP contribution in [0.2, 0.25) is 0 Å². The number of benzene rings is 4. The second kappa shape index (κ2) is 18.1. The molecule has 0 spiro atoms. The van der Waals surface area contributed by atoms with Gasteiger partial charge in [0.2, 0.25) is 23.3 Å². The van der Waals surface area contributed by atoms with Crippen molar-refractivity contribution in [3.63, 3.8) is 0 Å². The van der Waals surface area contributed by atoms with E-state index in [-0.39, 0.29) is 33.8 Å². The Kier molecular flexibility index (Phi) is 13.2. The molecule has 0 aliphatic carbocycles. The van der Waals surface area contributed by atoms with E-state index in [9.17, 15) is 52.7 Å². The molecule has 1 radical (unpaired) electrons. The standard InChI is InChI=1S/C44H10F20N4.Co.Fe/c45-25-21(26(46)34(54)41(61)33(25)53)17-9-1-2-10(65-9)18(22-27(47)35(55)42(62)36(56)28(22)48)12-5-6-14(67-12)20(24-31(51)39(59)44(64)40(60)32(24)52)16-8-7-15(68-16)19(13-4-3-11(17)66-13)23-29(49)37(57)43(63)38(58)30(23)50;;/h1-8,65,68H;;/q;2*+2. The van der Waals surface area contributed by atoms with Crippen LogP contribution in [0, 0.1) is 116 Å². The van der Waals surface area contributed by atoms with Crippen LogP contribution in [-0.4, -0.2) is 19.9 Å². The van der Waals surface area contributed by atoms with Crippen molar-refractivity contribution >= 4 is 46.4 Å². The van der Waals surface area contributed by atoms with Crippen LogP contribution in [0.5, 0.6) is 0 Å². The van der Waals surface area contributed by atoms with Gasteiger partial charge in [0.1, 0.15) is 0 Å². The number of halogens is 20.